The smallest absolute Gasteiger partial charge is 0.337 e. The van der Waals surface area contributed by atoms with Gasteiger partial charge in [-0.2, -0.15) is 0 Å². The second-order valence-electron chi connectivity index (χ2n) is 5.05. The van der Waals surface area contributed by atoms with Gasteiger partial charge in [0.25, 0.3) is 0 Å². The first-order chi connectivity index (χ1) is 9.61. The number of hydrogen-bond donors (Lipinski definition) is 2. The predicted octanol–water partition coefficient (Wildman–Crippen LogP) is 1.72. The van der Waals surface area contributed by atoms with E-state index in [1.165, 1.54) is 7.11 Å². The van der Waals surface area contributed by atoms with Gasteiger partial charge < -0.3 is 15.4 Å². The molecule has 0 unspecified atom stereocenters. The molecule has 1 fully saturated rings. The minimum absolute atomic E-state index is 0.00214. The van der Waals surface area contributed by atoms with Crippen LogP contribution in [0.4, 0.5) is 5.69 Å². The van der Waals surface area contributed by atoms with Gasteiger partial charge in [-0.1, -0.05) is 6.07 Å². The number of anilines is 1. The van der Waals surface area contributed by atoms with Crippen LogP contribution in [0.15, 0.2) is 18.2 Å². The van der Waals surface area contributed by atoms with Crippen molar-refractivity contribution in [2.24, 2.45) is 5.92 Å². The van der Waals surface area contributed by atoms with Crippen LogP contribution in [0, 0.1) is 12.8 Å². The number of nitrogens with one attached hydrogen (secondary N) is 2. The molecule has 1 atom stereocenters. The Morgan fingerprint density at radius 2 is 2.20 bits per heavy atom. The van der Waals surface area contributed by atoms with E-state index >= 15 is 0 Å². The van der Waals surface area contributed by atoms with Gasteiger partial charge in [0, 0.05) is 12.2 Å². The number of methoxy groups -OCH3 is 1. The highest BCUT2D eigenvalue weighted by Gasteiger charge is 2.21. The summed E-state index contributed by atoms with van der Waals surface area (Å²) >= 11 is 0. The summed E-state index contributed by atoms with van der Waals surface area (Å²) in [6.07, 6.45) is 1.91. The summed E-state index contributed by atoms with van der Waals surface area (Å²) in [5.41, 5.74) is 2.04. The molecule has 1 aromatic rings. The highest BCUT2D eigenvalue weighted by Crippen LogP contribution is 2.20. The average molecular weight is 276 g/mol. The van der Waals surface area contributed by atoms with Crippen molar-refractivity contribution in [1.82, 2.24) is 5.32 Å². The molecular formula is C15H20N2O3. The second-order valence-corrected chi connectivity index (χ2v) is 5.05. The van der Waals surface area contributed by atoms with Gasteiger partial charge in [-0.05, 0) is 44.0 Å². The molecule has 1 aliphatic rings. The van der Waals surface area contributed by atoms with Crippen molar-refractivity contribution in [2.45, 2.75) is 19.8 Å². The van der Waals surface area contributed by atoms with Crippen LogP contribution >= 0.6 is 0 Å². The number of carbonyl (C=O) groups is 2. The van der Waals surface area contributed by atoms with Crippen molar-refractivity contribution in [3.63, 3.8) is 0 Å². The number of hydrogen-bond acceptors (Lipinski definition) is 4. The zero-order valence-electron chi connectivity index (χ0n) is 11.9. The van der Waals surface area contributed by atoms with Gasteiger partial charge >= 0.3 is 5.97 Å². The minimum atomic E-state index is -0.403. The number of amides is 1. The number of aryl methyl sites for hydroxylation is 1. The molecule has 1 heterocycles. The molecule has 1 saturated heterocycles. The van der Waals surface area contributed by atoms with E-state index in [4.69, 9.17) is 4.74 Å². The third-order valence-electron chi connectivity index (χ3n) is 3.58. The van der Waals surface area contributed by atoms with Crippen molar-refractivity contribution in [3.05, 3.63) is 29.3 Å². The summed E-state index contributed by atoms with van der Waals surface area (Å²) in [5, 5.41) is 6.13. The lowest BCUT2D eigenvalue weighted by atomic mass is 9.98. The number of ether oxygens (including phenoxy) is 1. The monoisotopic (exact) mass is 276 g/mol. The molecule has 5 nitrogen and oxygen atoms in total. The van der Waals surface area contributed by atoms with Crippen LogP contribution in [-0.2, 0) is 9.53 Å². The molecule has 108 valence electrons. The average Bonchev–Trinajstić information content (AvgIpc) is 2.49. The zero-order valence-corrected chi connectivity index (χ0v) is 11.9. The summed E-state index contributed by atoms with van der Waals surface area (Å²) in [7, 11) is 1.34. The van der Waals surface area contributed by atoms with Crippen LogP contribution in [0.25, 0.3) is 0 Å². The maximum atomic E-state index is 12.2. The van der Waals surface area contributed by atoms with E-state index in [9.17, 15) is 9.59 Å². The molecule has 0 spiro atoms. The van der Waals surface area contributed by atoms with Crippen molar-refractivity contribution >= 4 is 17.6 Å². The lowest BCUT2D eigenvalue weighted by molar-refractivity contribution is -0.120. The van der Waals surface area contributed by atoms with Crippen molar-refractivity contribution < 1.29 is 14.3 Å². The van der Waals surface area contributed by atoms with Gasteiger partial charge in [0.15, 0.2) is 0 Å². The summed E-state index contributed by atoms with van der Waals surface area (Å²) in [6.45, 7) is 3.58. The van der Waals surface area contributed by atoms with Gasteiger partial charge in [-0.3, -0.25) is 4.79 Å². The number of benzene rings is 1. The third-order valence-corrected chi connectivity index (χ3v) is 3.58. The van der Waals surface area contributed by atoms with Gasteiger partial charge in [0.1, 0.15) is 0 Å². The van der Waals surface area contributed by atoms with Crippen molar-refractivity contribution in [2.75, 3.05) is 25.5 Å². The Morgan fingerprint density at radius 1 is 1.40 bits per heavy atom. The molecule has 1 aromatic carbocycles. The number of esters is 1. The molecule has 1 aliphatic heterocycles. The Bertz CT molecular complexity index is 508. The Kier molecular flexibility index (Phi) is 4.74. The lowest BCUT2D eigenvalue weighted by Crippen LogP contribution is -2.37. The van der Waals surface area contributed by atoms with Gasteiger partial charge in [-0.25, -0.2) is 4.79 Å². The van der Waals surface area contributed by atoms with E-state index in [-0.39, 0.29) is 11.8 Å². The molecule has 0 aromatic heterocycles. The highest BCUT2D eigenvalue weighted by molar-refractivity contribution is 5.96. The number of rotatable bonds is 3. The molecule has 2 N–H and O–H groups in total. The summed E-state index contributed by atoms with van der Waals surface area (Å²) in [4.78, 5) is 23.7. The van der Waals surface area contributed by atoms with Gasteiger partial charge in [0.2, 0.25) is 5.91 Å². The minimum Gasteiger partial charge on any atom is -0.465 e. The fourth-order valence-corrected chi connectivity index (χ4v) is 2.31. The first-order valence-corrected chi connectivity index (χ1v) is 6.82. The molecule has 0 bridgehead atoms. The quantitative estimate of drug-likeness (QED) is 0.825. The van der Waals surface area contributed by atoms with E-state index in [2.05, 4.69) is 10.6 Å². The molecular weight excluding hydrogens is 256 g/mol. The van der Waals surface area contributed by atoms with Crippen LogP contribution in [0.3, 0.4) is 0 Å². The standard InChI is InChI=1S/C15H20N2O3/c1-10-5-6-11(15(19)20-2)8-13(10)17-14(18)12-4-3-7-16-9-12/h5-6,8,12,16H,3-4,7,9H2,1-2H3,(H,17,18)/t12-/m1/s1. The zero-order chi connectivity index (χ0) is 14.5. The first-order valence-electron chi connectivity index (χ1n) is 6.82. The number of piperidine rings is 1. The fraction of sp³-hybridized carbons (Fsp3) is 0.467. The Hall–Kier alpha value is -1.88. The normalized spacial score (nSPS) is 18.4. The first kappa shape index (κ1) is 14.5. The largest absolute Gasteiger partial charge is 0.465 e. The van der Waals surface area contributed by atoms with E-state index in [0.29, 0.717) is 17.8 Å². The van der Waals surface area contributed by atoms with Crippen LogP contribution in [-0.4, -0.2) is 32.1 Å². The topological polar surface area (TPSA) is 67.4 Å². The highest BCUT2D eigenvalue weighted by atomic mass is 16.5. The number of carbonyl (C=O) groups excluding carboxylic acids is 2. The van der Waals surface area contributed by atoms with Crippen molar-refractivity contribution in [3.8, 4) is 0 Å². The molecule has 1 amide bonds. The van der Waals surface area contributed by atoms with E-state index in [1.54, 1.807) is 18.2 Å². The summed E-state index contributed by atoms with van der Waals surface area (Å²) < 4.78 is 4.69. The maximum absolute atomic E-state index is 12.2. The molecule has 2 rings (SSSR count). The molecule has 0 saturated carbocycles. The van der Waals surface area contributed by atoms with Gasteiger partial charge in [0.05, 0.1) is 18.6 Å². The van der Waals surface area contributed by atoms with Crippen LogP contribution in [0.5, 0.6) is 0 Å². The van der Waals surface area contributed by atoms with E-state index in [1.807, 2.05) is 6.92 Å². The van der Waals surface area contributed by atoms with E-state index in [0.717, 1.165) is 24.9 Å². The fourth-order valence-electron chi connectivity index (χ4n) is 2.31. The summed E-state index contributed by atoms with van der Waals surface area (Å²) in [6, 6.07) is 5.16. The second kappa shape index (κ2) is 6.52. The SMILES string of the molecule is COC(=O)c1ccc(C)c(NC(=O)[C@@H]2CCCNC2)c1. The van der Waals surface area contributed by atoms with E-state index < -0.39 is 5.97 Å². The van der Waals surface area contributed by atoms with Crippen molar-refractivity contribution in [1.29, 1.82) is 0 Å². The van der Waals surface area contributed by atoms with Crippen LogP contribution in [0.2, 0.25) is 0 Å². The molecule has 5 heteroatoms. The maximum Gasteiger partial charge on any atom is 0.337 e. The third kappa shape index (κ3) is 3.36. The molecule has 0 radical (unpaired) electrons. The summed E-state index contributed by atoms with van der Waals surface area (Å²) in [5.74, 6) is -0.410. The Labute approximate surface area is 118 Å². The Balaban J connectivity index is 2.11. The van der Waals surface area contributed by atoms with Gasteiger partial charge in [-0.15, -0.1) is 0 Å². The molecule has 0 aliphatic carbocycles. The Morgan fingerprint density at radius 3 is 2.85 bits per heavy atom. The van der Waals surface area contributed by atoms with Crippen LogP contribution < -0.4 is 10.6 Å². The predicted molar refractivity (Wildman–Crippen MR) is 76.7 cm³/mol. The van der Waals surface area contributed by atoms with Crippen LogP contribution in [0.1, 0.15) is 28.8 Å². The lowest BCUT2D eigenvalue weighted by Gasteiger charge is -2.22. The molecule has 20 heavy (non-hydrogen) atoms.